The van der Waals surface area contributed by atoms with Gasteiger partial charge in [0.1, 0.15) is 6.61 Å². The summed E-state index contributed by atoms with van der Waals surface area (Å²) in [5.74, 6) is 6.26. The van der Waals surface area contributed by atoms with E-state index in [1.54, 1.807) is 0 Å². The molecule has 2 atom stereocenters. The van der Waals surface area contributed by atoms with Gasteiger partial charge in [0.15, 0.2) is 0 Å². The van der Waals surface area contributed by atoms with E-state index >= 15 is 0 Å². The highest BCUT2D eigenvalue weighted by Crippen LogP contribution is 2.34. The van der Waals surface area contributed by atoms with Gasteiger partial charge in [0, 0.05) is 12.5 Å². The van der Waals surface area contributed by atoms with Crippen LogP contribution in [0.1, 0.15) is 20.3 Å². The first kappa shape index (κ1) is 11.3. The minimum Gasteiger partial charge on any atom is -0.378 e. The van der Waals surface area contributed by atoms with E-state index in [4.69, 9.17) is 9.47 Å². The van der Waals surface area contributed by atoms with Crippen LogP contribution < -0.4 is 0 Å². The molecule has 0 aromatic heterocycles. The Kier molecular flexibility index (Phi) is 5.36. The van der Waals surface area contributed by atoms with Crippen LogP contribution in [-0.4, -0.2) is 25.9 Å². The van der Waals surface area contributed by atoms with Crippen molar-refractivity contribution in [3.8, 4) is 11.8 Å². The number of hydrogen-bond donors (Lipinski definition) is 0. The topological polar surface area (TPSA) is 18.5 Å². The van der Waals surface area contributed by atoms with Crippen molar-refractivity contribution in [2.75, 3.05) is 19.8 Å². The lowest BCUT2D eigenvalue weighted by Gasteiger charge is -1.95. The number of ether oxygens (including phenoxy) is 2. The Morgan fingerprint density at radius 2 is 2.36 bits per heavy atom. The maximum atomic E-state index is 5.45. The van der Waals surface area contributed by atoms with Crippen molar-refractivity contribution in [2.45, 2.75) is 26.4 Å². The molecule has 0 N–H and O–H groups in total. The van der Waals surface area contributed by atoms with Gasteiger partial charge >= 0.3 is 0 Å². The Morgan fingerprint density at radius 1 is 1.50 bits per heavy atom. The van der Waals surface area contributed by atoms with E-state index in [1.807, 2.05) is 13.8 Å². The van der Waals surface area contributed by atoms with Gasteiger partial charge < -0.3 is 9.47 Å². The molecule has 0 aromatic rings. The van der Waals surface area contributed by atoms with E-state index in [0.29, 0.717) is 25.2 Å². The van der Waals surface area contributed by atoms with E-state index in [1.165, 1.54) is 6.42 Å². The molecule has 0 aromatic carbocycles. The van der Waals surface area contributed by atoms with Crippen molar-refractivity contribution in [3.05, 3.63) is 12.2 Å². The lowest BCUT2D eigenvalue weighted by atomic mass is 10.4. The van der Waals surface area contributed by atoms with Crippen LogP contribution in [0.2, 0.25) is 0 Å². The van der Waals surface area contributed by atoms with E-state index in [0.717, 1.165) is 6.61 Å². The molecule has 0 aliphatic heterocycles. The quantitative estimate of drug-likeness (QED) is 0.366. The molecule has 1 aliphatic rings. The molecule has 0 spiro atoms. The van der Waals surface area contributed by atoms with Crippen molar-refractivity contribution in [1.82, 2.24) is 0 Å². The average molecular weight is 194 g/mol. The third-order valence-corrected chi connectivity index (χ3v) is 2.11. The second-order valence-corrected chi connectivity index (χ2v) is 3.26. The fraction of sp³-hybridized carbons (Fsp3) is 0.667. The Labute approximate surface area is 86.3 Å². The van der Waals surface area contributed by atoms with Crippen molar-refractivity contribution in [3.63, 3.8) is 0 Å². The summed E-state index contributed by atoms with van der Waals surface area (Å²) in [5.41, 5.74) is 0. The third kappa shape index (κ3) is 4.45. The summed E-state index contributed by atoms with van der Waals surface area (Å²) in [6, 6.07) is 0. The summed E-state index contributed by atoms with van der Waals surface area (Å²) >= 11 is 0. The van der Waals surface area contributed by atoms with Crippen LogP contribution in [0.3, 0.4) is 0 Å². The van der Waals surface area contributed by atoms with Gasteiger partial charge in [-0.05, 0) is 20.3 Å². The van der Waals surface area contributed by atoms with Gasteiger partial charge in [0.05, 0.1) is 12.7 Å². The Balaban J connectivity index is 1.96. The monoisotopic (exact) mass is 194 g/mol. The van der Waals surface area contributed by atoms with Crippen molar-refractivity contribution >= 4 is 0 Å². The van der Waals surface area contributed by atoms with Crippen LogP contribution in [0.5, 0.6) is 0 Å². The molecule has 0 radical (unpaired) electrons. The highest BCUT2D eigenvalue weighted by molar-refractivity contribution is 5.03. The van der Waals surface area contributed by atoms with E-state index in [9.17, 15) is 0 Å². The maximum absolute atomic E-state index is 5.45. The molecule has 2 nitrogen and oxygen atoms in total. The summed E-state index contributed by atoms with van der Waals surface area (Å²) < 4.78 is 10.7. The molecule has 1 rings (SSSR count). The van der Waals surface area contributed by atoms with Gasteiger partial charge in [0.25, 0.3) is 0 Å². The summed E-state index contributed by atoms with van der Waals surface area (Å²) in [4.78, 5) is 0. The molecule has 1 aliphatic carbocycles. The average Bonchev–Trinajstić information content (AvgIpc) is 2.91. The van der Waals surface area contributed by atoms with Crippen LogP contribution in [0, 0.1) is 17.8 Å². The molecule has 78 valence electrons. The molecule has 0 heterocycles. The molecular formula is C12H18O2. The van der Waals surface area contributed by atoms with Crippen LogP contribution in [0.4, 0.5) is 0 Å². The maximum Gasteiger partial charge on any atom is 0.108 e. The molecule has 0 bridgehead atoms. The first-order chi connectivity index (χ1) is 6.88. The smallest absolute Gasteiger partial charge is 0.108 e. The lowest BCUT2D eigenvalue weighted by Crippen LogP contribution is -1.95. The Morgan fingerprint density at radius 3 is 3.07 bits per heavy atom. The molecule has 1 fully saturated rings. The standard InChI is InChI=1S/C12H18O2/c1-3-5-8-13-9-6-7-11-10-12(11)14-4-2/h6-7,11-12H,4,8-10H2,1-2H3/b7-6+/t11-,12?/m0/s1. The lowest BCUT2D eigenvalue weighted by molar-refractivity contribution is 0.126. The van der Waals surface area contributed by atoms with Crippen LogP contribution >= 0.6 is 0 Å². The van der Waals surface area contributed by atoms with Gasteiger partial charge in [-0.15, -0.1) is 5.92 Å². The molecular weight excluding hydrogens is 176 g/mol. The Bertz CT molecular complexity index is 234. The van der Waals surface area contributed by atoms with E-state index in [2.05, 4.69) is 24.0 Å². The third-order valence-electron chi connectivity index (χ3n) is 2.11. The molecule has 0 saturated heterocycles. The van der Waals surface area contributed by atoms with E-state index < -0.39 is 0 Å². The first-order valence-electron chi connectivity index (χ1n) is 5.14. The second kappa shape index (κ2) is 6.64. The highest BCUT2D eigenvalue weighted by Gasteiger charge is 2.35. The van der Waals surface area contributed by atoms with Gasteiger partial charge in [-0.2, -0.15) is 0 Å². The van der Waals surface area contributed by atoms with Crippen LogP contribution in [-0.2, 0) is 9.47 Å². The normalized spacial score (nSPS) is 24.7. The zero-order valence-corrected chi connectivity index (χ0v) is 8.95. The molecule has 2 heteroatoms. The van der Waals surface area contributed by atoms with Crippen LogP contribution in [0.25, 0.3) is 0 Å². The summed E-state index contributed by atoms with van der Waals surface area (Å²) in [6.45, 7) is 5.85. The largest absolute Gasteiger partial charge is 0.378 e. The molecule has 0 amide bonds. The number of hydrogen-bond acceptors (Lipinski definition) is 2. The second-order valence-electron chi connectivity index (χ2n) is 3.26. The number of rotatable bonds is 6. The predicted molar refractivity (Wildman–Crippen MR) is 56.9 cm³/mol. The minimum atomic E-state index is 0.465. The van der Waals surface area contributed by atoms with Gasteiger partial charge in [0.2, 0.25) is 0 Å². The zero-order chi connectivity index (χ0) is 10.2. The van der Waals surface area contributed by atoms with Gasteiger partial charge in [-0.3, -0.25) is 0 Å². The van der Waals surface area contributed by atoms with Crippen molar-refractivity contribution in [1.29, 1.82) is 0 Å². The molecule has 14 heavy (non-hydrogen) atoms. The fourth-order valence-corrected chi connectivity index (χ4v) is 1.28. The van der Waals surface area contributed by atoms with Crippen LogP contribution in [0.15, 0.2) is 12.2 Å². The highest BCUT2D eigenvalue weighted by atomic mass is 16.5. The molecule has 1 saturated carbocycles. The van der Waals surface area contributed by atoms with Gasteiger partial charge in [-0.25, -0.2) is 0 Å². The first-order valence-corrected chi connectivity index (χ1v) is 5.14. The molecule has 1 unspecified atom stereocenters. The van der Waals surface area contributed by atoms with Crippen molar-refractivity contribution in [2.24, 2.45) is 5.92 Å². The van der Waals surface area contributed by atoms with Crippen molar-refractivity contribution < 1.29 is 9.47 Å². The summed E-state index contributed by atoms with van der Waals surface area (Å²) in [6.07, 6.45) is 5.87. The fourth-order valence-electron chi connectivity index (χ4n) is 1.28. The Hall–Kier alpha value is -0.780. The summed E-state index contributed by atoms with van der Waals surface area (Å²) in [5, 5.41) is 0. The minimum absolute atomic E-state index is 0.465. The van der Waals surface area contributed by atoms with Gasteiger partial charge in [-0.1, -0.05) is 18.1 Å². The zero-order valence-electron chi connectivity index (χ0n) is 8.95. The SMILES string of the molecule is CC#CCOC/C=C/[C@H]1CC1OCC. The predicted octanol–water partition coefficient (Wildman–Crippen LogP) is 2.01. The van der Waals surface area contributed by atoms with E-state index in [-0.39, 0.29) is 0 Å². The summed E-state index contributed by atoms with van der Waals surface area (Å²) in [7, 11) is 0.